The molecule has 0 aliphatic heterocycles. The van der Waals surface area contributed by atoms with Crippen molar-refractivity contribution < 1.29 is 4.79 Å². The van der Waals surface area contributed by atoms with E-state index in [0.29, 0.717) is 11.7 Å². The second kappa shape index (κ2) is 3.08. The average Bonchev–Trinajstić information content (AvgIpc) is 2.79. The normalized spacial score (nSPS) is 18.2. The van der Waals surface area contributed by atoms with E-state index in [1.807, 2.05) is 5.38 Å². The van der Waals surface area contributed by atoms with Gasteiger partial charge in [-0.25, -0.2) is 4.98 Å². The Labute approximate surface area is 80.2 Å². The fraction of sp³-hybridized carbons (Fsp3) is 0.500. The van der Waals surface area contributed by atoms with Gasteiger partial charge in [-0.15, -0.1) is 11.3 Å². The van der Waals surface area contributed by atoms with Crippen LogP contribution in [0.1, 0.15) is 12.8 Å². The number of rotatable bonds is 3. The minimum atomic E-state index is -0.286. The van der Waals surface area contributed by atoms with Crippen molar-refractivity contribution >= 4 is 22.4 Å². The van der Waals surface area contributed by atoms with Crippen LogP contribution in [0, 0.1) is 5.41 Å². The maximum Gasteiger partial charge on any atom is 0.233 e. The number of carbonyl (C=O) groups is 1. The van der Waals surface area contributed by atoms with Crippen LogP contribution in [0.3, 0.4) is 0 Å². The van der Waals surface area contributed by atoms with E-state index in [1.54, 1.807) is 6.20 Å². The fourth-order valence-corrected chi connectivity index (χ4v) is 1.71. The summed E-state index contributed by atoms with van der Waals surface area (Å²) < 4.78 is 0. The third-order valence-electron chi connectivity index (χ3n) is 2.38. The molecule has 1 heterocycles. The number of nitrogens with zero attached hydrogens (tertiary/aromatic N) is 1. The number of thiazole rings is 1. The lowest BCUT2D eigenvalue weighted by Crippen LogP contribution is -2.30. The number of nitrogens with two attached hydrogens (primary N) is 1. The minimum Gasteiger partial charge on any atom is -0.329 e. The number of amides is 1. The van der Waals surface area contributed by atoms with E-state index in [9.17, 15) is 4.79 Å². The molecule has 4 nitrogen and oxygen atoms in total. The molecule has 2 rings (SSSR count). The zero-order valence-electron chi connectivity index (χ0n) is 7.12. The summed E-state index contributed by atoms with van der Waals surface area (Å²) in [4.78, 5) is 15.6. The summed E-state index contributed by atoms with van der Waals surface area (Å²) in [6.45, 7) is 0.435. The van der Waals surface area contributed by atoms with Gasteiger partial charge in [-0.05, 0) is 12.8 Å². The third-order valence-corrected chi connectivity index (χ3v) is 3.07. The largest absolute Gasteiger partial charge is 0.329 e. The van der Waals surface area contributed by atoms with Crippen LogP contribution in [-0.4, -0.2) is 17.4 Å². The van der Waals surface area contributed by atoms with E-state index in [-0.39, 0.29) is 11.3 Å². The lowest BCUT2D eigenvalue weighted by atomic mass is 10.1. The first-order valence-electron chi connectivity index (χ1n) is 4.18. The lowest BCUT2D eigenvalue weighted by molar-refractivity contribution is -0.120. The first kappa shape index (κ1) is 8.65. The van der Waals surface area contributed by atoms with E-state index in [2.05, 4.69) is 10.3 Å². The molecule has 5 heteroatoms. The Morgan fingerprint density at radius 3 is 3.00 bits per heavy atom. The first-order valence-corrected chi connectivity index (χ1v) is 5.06. The highest BCUT2D eigenvalue weighted by Crippen LogP contribution is 2.45. The molecule has 0 spiro atoms. The molecule has 0 aromatic carbocycles. The molecule has 13 heavy (non-hydrogen) atoms. The van der Waals surface area contributed by atoms with Crippen LogP contribution in [0.2, 0.25) is 0 Å². The van der Waals surface area contributed by atoms with Crippen molar-refractivity contribution in [2.24, 2.45) is 11.1 Å². The van der Waals surface area contributed by atoms with Crippen molar-refractivity contribution in [3.63, 3.8) is 0 Å². The van der Waals surface area contributed by atoms with Crippen molar-refractivity contribution in [2.75, 3.05) is 11.9 Å². The summed E-state index contributed by atoms with van der Waals surface area (Å²) in [6, 6.07) is 0. The molecule has 0 saturated heterocycles. The Morgan fingerprint density at radius 2 is 2.54 bits per heavy atom. The standard InChI is InChI=1S/C8H11N3OS/c9-5-8(1-2-8)6(12)11-7-10-3-4-13-7/h3-4H,1-2,5,9H2,(H,10,11,12). The molecule has 70 valence electrons. The summed E-state index contributed by atoms with van der Waals surface area (Å²) in [7, 11) is 0. The topological polar surface area (TPSA) is 68.0 Å². The van der Waals surface area contributed by atoms with Crippen LogP contribution in [0.15, 0.2) is 11.6 Å². The minimum absolute atomic E-state index is 0.0185. The summed E-state index contributed by atoms with van der Waals surface area (Å²) in [6.07, 6.45) is 3.48. The number of hydrogen-bond donors (Lipinski definition) is 2. The van der Waals surface area contributed by atoms with E-state index >= 15 is 0 Å². The summed E-state index contributed by atoms with van der Waals surface area (Å²) in [5.74, 6) is 0.0185. The van der Waals surface area contributed by atoms with Gasteiger partial charge in [0.25, 0.3) is 0 Å². The summed E-state index contributed by atoms with van der Waals surface area (Å²) in [5.41, 5.74) is 5.23. The van der Waals surface area contributed by atoms with Crippen LogP contribution in [-0.2, 0) is 4.79 Å². The molecule has 0 unspecified atom stereocenters. The monoisotopic (exact) mass is 197 g/mol. The highest BCUT2D eigenvalue weighted by Gasteiger charge is 2.48. The molecule has 1 aliphatic carbocycles. The predicted octanol–water partition coefficient (Wildman–Crippen LogP) is 0.820. The van der Waals surface area contributed by atoms with E-state index in [1.165, 1.54) is 11.3 Å². The Kier molecular flexibility index (Phi) is 2.05. The molecule has 0 atom stereocenters. The molecule has 1 fully saturated rings. The molecule has 1 saturated carbocycles. The highest BCUT2D eigenvalue weighted by molar-refractivity contribution is 7.13. The van der Waals surface area contributed by atoms with Gasteiger partial charge in [0.05, 0.1) is 5.41 Å². The smallest absolute Gasteiger partial charge is 0.233 e. The number of anilines is 1. The van der Waals surface area contributed by atoms with Gasteiger partial charge in [0.2, 0.25) is 5.91 Å². The van der Waals surface area contributed by atoms with Crippen molar-refractivity contribution in [3.05, 3.63) is 11.6 Å². The van der Waals surface area contributed by atoms with Crippen molar-refractivity contribution in [1.82, 2.24) is 4.98 Å². The third kappa shape index (κ3) is 1.57. The molecule has 1 aliphatic rings. The van der Waals surface area contributed by atoms with Gasteiger partial charge in [0.1, 0.15) is 0 Å². The van der Waals surface area contributed by atoms with Crippen molar-refractivity contribution in [1.29, 1.82) is 0 Å². The zero-order valence-corrected chi connectivity index (χ0v) is 7.93. The number of aromatic nitrogens is 1. The second-order valence-corrected chi connectivity index (χ2v) is 4.17. The quantitative estimate of drug-likeness (QED) is 0.753. The number of nitrogens with one attached hydrogen (secondary N) is 1. The van der Waals surface area contributed by atoms with Gasteiger partial charge < -0.3 is 11.1 Å². The van der Waals surface area contributed by atoms with E-state index in [0.717, 1.165) is 12.8 Å². The van der Waals surface area contributed by atoms with Gasteiger partial charge in [-0.2, -0.15) is 0 Å². The van der Waals surface area contributed by atoms with Crippen molar-refractivity contribution in [3.8, 4) is 0 Å². The molecule has 1 aromatic heterocycles. The van der Waals surface area contributed by atoms with Gasteiger partial charge in [-0.3, -0.25) is 4.79 Å². The molecule has 3 N–H and O–H groups in total. The Morgan fingerprint density at radius 1 is 1.77 bits per heavy atom. The summed E-state index contributed by atoms with van der Waals surface area (Å²) in [5, 5.41) is 5.25. The van der Waals surface area contributed by atoms with E-state index < -0.39 is 0 Å². The Balaban J connectivity index is 2.00. The molecular weight excluding hydrogens is 186 g/mol. The first-order chi connectivity index (χ1) is 6.27. The summed E-state index contributed by atoms with van der Waals surface area (Å²) >= 11 is 1.42. The lowest BCUT2D eigenvalue weighted by Gasteiger charge is -2.10. The van der Waals surface area contributed by atoms with Gasteiger partial charge in [0, 0.05) is 18.1 Å². The van der Waals surface area contributed by atoms with Crippen molar-refractivity contribution in [2.45, 2.75) is 12.8 Å². The van der Waals surface area contributed by atoms with Crippen LogP contribution in [0.4, 0.5) is 5.13 Å². The van der Waals surface area contributed by atoms with E-state index in [4.69, 9.17) is 5.73 Å². The van der Waals surface area contributed by atoms with Gasteiger partial charge in [0.15, 0.2) is 5.13 Å². The van der Waals surface area contributed by atoms with Gasteiger partial charge in [-0.1, -0.05) is 0 Å². The van der Waals surface area contributed by atoms with Crippen LogP contribution >= 0.6 is 11.3 Å². The molecule has 0 radical (unpaired) electrons. The van der Waals surface area contributed by atoms with Crippen LogP contribution in [0.5, 0.6) is 0 Å². The maximum atomic E-state index is 11.6. The average molecular weight is 197 g/mol. The molecule has 1 amide bonds. The maximum absolute atomic E-state index is 11.6. The molecule has 1 aromatic rings. The predicted molar refractivity (Wildman–Crippen MR) is 51.5 cm³/mol. The number of carbonyl (C=O) groups excluding carboxylic acids is 1. The highest BCUT2D eigenvalue weighted by atomic mass is 32.1. The SMILES string of the molecule is NCC1(C(=O)Nc2nccs2)CC1. The van der Waals surface area contributed by atoms with Gasteiger partial charge >= 0.3 is 0 Å². The van der Waals surface area contributed by atoms with Crippen LogP contribution < -0.4 is 11.1 Å². The van der Waals surface area contributed by atoms with Crippen LogP contribution in [0.25, 0.3) is 0 Å². The Bertz CT molecular complexity index is 305. The second-order valence-electron chi connectivity index (χ2n) is 3.28. The Hall–Kier alpha value is -0.940. The number of hydrogen-bond acceptors (Lipinski definition) is 4. The molecular formula is C8H11N3OS. The zero-order chi connectivity index (χ0) is 9.31. The molecule has 0 bridgehead atoms. The fourth-order valence-electron chi connectivity index (χ4n) is 1.19.